The number of hydrogen-bond acceptors (Lipinski definition) is 4. The molecule has 10 heteroatoms. The highest BCUT2D eigenvalue weighted by Gasteiger charge is 2.45. The number of nitrogens with zero attached hydrogens (tertiary/aromatic N) is 3. The zero-order valence-electron chi connectivity index (χ0n) is 13.2. The fourth-order valence-electron chi connectivity index (χ4n) is 2.14. The third kappa shape index (κ3) is 4.74. The molecule has 1 aromatic heterocycles. The Kier molecular flexibility index (Phi) is 6.12. The van der Waals surface area contributed by atoms with Gasteiger partial charge in [-0.1, -0.05) is 24.6 Å². The topological polar surface area (TPSA) is 38.1 Å². The first kappa shape index (κ1) is 19.7. The van der Waals surface area contributed by atoms with E-state index in [-0.39, 0.29) is 22.0 Å². The Balaban J connectivity index is 2.41. The van der Waals surface area contributed by atoms with Gasteiger partial charge in [0.1, 0.15) is 11.9 Å². The number of aromatic nitrogens is 2. The summed E-state index contributed by atoms with van der Waals surface area (Å²) in [6, 6.07) is 2.11. The fraction of sp³-hybridized carbons (Fsp3) is 0.333. The van der Waals surface area contributed by atoms with Gasteiger partial charge in [-0.2, -0.15) is 18.3 Å². The lowest BCUT2D eigenvalue weighted by Gasteiger charge is -2.31. The van der Waals surface area contributed by atoms with E-state index in [1.165, 1.54) is 26.2 Å². The summed E-state index contributed by atoms with van der Waals surface area (Å²) in [6.45, 7) is 1.53. The number of aryl methyl sites for hydroxylation is 1. The molecule has 0 aliphatic heterocycles. The van der Waals surface area contributed by atoms with E-state index in [2.05, 4.69) is 5.10 Å². The number of halogens is 5. The highest BCUT2D eigenvalue weighted by Crippen LogP contribution is 2.42. The minimum atomic E-state index is -4.66. The van der Waals surface area contributed by atoms with E-state index in [0.717, 1.165) is 39.1 Å². The predicted octanol–water partition coefficient (Wildman–Crippen LogP) is 4.21. The van der Waals surface area contributed by atoms with Gasteiger partial charge < -0.3 is 0 Å². The van der Waals surface area contributed by atoms with Crippen molar-refractivity contribution in [2.24, 2.45) is 7.05 Å². The maximum atomic E-state index is 13.6. The van der Waals surface area contributed by atoms with Gasteiger partial charge in [0.25, 0.3) is 5.56 Å². The molecule has 0 bridgehead atoms. The van der Waals surface area contributed by atoms with Gasteiger partial charge in [0.05, 0.1) is 11.2 Å². The Morgan fingerprint density at radius 1 is 1.36 bits per heavy atom. The number of hydrogen-bond donors (Lipinski definition) is 0. The zero-order valence-corrected chi connectivity index (χ0v) is 14.8. The van der Waals surface area contributed by atoms with Crippen LogP contribution >= 0.6 is 23.5 Å². The molecule has 0 saturated heterocycles. The van der Waals surface area contributed by atoms with Gasteiger partial charge in [0.2, 0.25) is 0 Å². The molecule has 1 atom stereocenters. The molecular weight excluding hydrogens is 382 g/mol. The highest BCUT2D eigenvalue weighted by molar-refractivity contribution is 7.97. The lowest BCUT2D eigenvalue weighted by atomic mass is 10.1. The van der Waals surface area contributed by atoms with E-state index in [1.807, 2.05) is 0 Å². The Morgan fingerprint density at radius 3 is 2.56 bits per heavy atom. The van der Waals surface area contributed by atoms with Crippen LogP contribution in [0.5, 0.6) is 0 Å². The SMILES string of the molecule is CCN(Sc1cnn(C)c(=O)c1)[C@H](c1ccc(Cl)c(F)c1)C(F)(F)F. The summed E-state index contributed by atoms with van der Waals surface area (Å²) in [5.74, 6) is -0.926. The van der Waals surface area contributed by atoms with Crippen LogP contribution in [0.3, 0.4) is 0 Å². The van der Waals surface area contributed by atoms with Crippen LogP contribution in [0.2, 0.25) is 5.02 Å². The minimum Gasteiger partial charge on any atom is -0.268 e. The van der Waals surface area contributed by atoms with Crippen molar-refractivity contribution in [1.29, 1.82) is 0 Å². The maximum absolute atomic E-state index is 13.6. The number of alkyl halides is 3. The molecular formula is C15H14ClF4N3OS. The fourth-order valence-corrected chi connectivity index (χ4v) is 3.25. The molecule has 0 aliphatic carbocycles. The Labute approximate surface area is 150 Å². The van der Waals surface area contributed by atoms with E-state index in [9.17, 15) is 22.4 Å². The normalized spacial score (nSPS) is 13.3. The molecule has 0 amide bonds. The quantitative estimate of drug-likeness (QED) is 0.561. The summed E-state index contributed by atoms with van der Waals surface area (Å²) in [5.41, 5.74) is -0.720. The number of benzene rings is 1. The zero-order chi connectivity index (χ0) is 18.8. The predicted molar refractivity (Wildman–Crippen MR) is 87.9 cm³/mol. The van der Waals surface area contributed by atoms with Crippen LogP contribution in [0.15, 0.2) is 40.2 Å². The third-order valence-electron chi connectivity index (χ3n) is 3.33. The van der Waals surface area contributed by atoms with Crippen molar-refractivity contribution in [2.75, 3.05) is 6.54 Å². The van der Waals surface area contributed by atoms with E-state index in [1.54, 1.807) is 0 Å². The van der Waals surface area contributed by atoms with E-state index >= 15 is 0 Å². The molecule has 0 saturated carbocycles. The lowest BCUT2D eigenvalue weighted by molar-refractivity contribution is -0.172. The second-order valence-corrected chi connectivity index (χ2v) is 6.63. The standard InChI is InChI=1S/C15H14ClF4N3OS/c1-3-23(25-10-7-13(24)22(2)21-8-10)14(15(18,19)20)9-4-5-11(16)12(17)6-9/h4-8,14H,3H2,1-2H3/t14-/m1/s1. The molecule has 0 aliphatic rings. The molecule has 25 heavy (non-hydrogen) atoms. The second kappa shape index (κ2) is 7.76. The van der Waals surface area contributed by atoms with Crippen LogP contribution in [-0.2, 0) is 7.05 Å². The van der Waals surface area contributed by atoms with Crippen molar-refractivity contribution in [2.45, 2.75) is 24.0 Å². The first-order chi connectivity index (χ1) is 11.6. The second-order valence-electron chi connectivity index (χ2n) is 5.10. The first-order valence-corrected chi connectivity index (χ1v) is 8.28. The van der Waals surface area contributed by atoms with Gasteiger partial charge in [0.15, 0.2) is 0 Å². The van der Waals surface area contributed by atoms with Crippen molar-refractivity contribution >= 4 is 23.5 Å². The Bertz CT molecular complexity index is 812. The molecule has 136 valence electrons. The molecule has 1 aromatic carbocycles. The summed E-state index contributed by atoms with van der Waals surface area (Å²) >= 11 is 6.29. The lowest BCUT2D eigenvalue weighted by Crippen LogP contribution is -2.34. The van der Waals surface area contributed by atoms with Gasteiger partial charge in [-0.3, -0.25) is 4.79 Å². The van der Waals surface area contributed by atoms with Crippen LogP contribution in [-0.4, -0.2) is 26.8 Å². The molecule has 0 N–H and O–H groups in total. The van der Waals surface area contributed by atoms with Crippen LogP contribution in [0, 0.1) is 5.82 Å². The van der Waals surface area contributed by atoms with Gasteiger partial charge in [0, 0.05) is 24.6 Å². The molecule has 2 rings (SSSR count). The third-order valence-corrected chi connectivity index (χ3v) is 4.78. The molecule has 0 spiro atoms. The Morgan fingerprint density at radius 2 is 2.04 bits per heavy atom. The van der Waals surface area contributed by atoms with E-state index < -0.39 is 23.6 Å². The summed E-state index contributed by atoms with van der Waals surface area (Å²) in [4.78, 5) is 11.9. The van der Waals surface area contributed by atoms with Crippen LogP contribution in [0.25, 0.3) is 0 Å². The largest absolute Gasteiger partial charge is 0.408 e. The molecule has 4 nitrogen and oxygen atoms in total. The molecule has 0 radical (unpaired) electrons. The van der Waals surface area contributed by atoms with E-state index in [4.69, 9.17) is 11.6 Å². The van der Waals surface area contributed by atoms with Crippen molar-refractivity contribution in [3.05, 3.63) is 57.2 Å². The molecule has 0 fully saturated rings. The Hall–Kier alpha value is -1.58. The average molecular weight is 396 g/mol. The van der Waals surface area contributed by atoms with Crippen molar-refractivity contribution in [3.63, 3.8) is 0 Å². The summed E-state index contributed by atoms with van der Waals surface area (Å²) in [5, 5.41) is 3.53. The van der Waals surface area contributed by atoms with Crippen molar-refractivity contribution < 1.29 is 17.6 Å². The highest BCUT2D eigenvalue weighted by atomic mass is 35.5. The van der Waals surface area contributed by atoms with Gasteiger partial charge >= 0.3 is 6.18 Å². The molecule has 0 unspecified atom stereocenters. The van der Waals surface area contributed by atoms with Gasteiger partial charge in [-0.15, -0.1) is 0 Å². The number of rotatable bonds is 5. The monoisotopic (exact) mass is 395 g/mol. The van der Waals surface area contributed by atoms with Crippen LogP contribution in [0.1, 0.15) is 18.5 Å². The summed E-state index contributed by atoms with van der Waals surface area (Å²) in [7, 11) is 1.43. The maximum Gasteiger partial charge on any atom is 0.408 e. The van der Waals surface area contributed by atoms with Gasteiger partial charge in [-0.25, -0.2) is 13.4 Å². The summed E-state index contributed by atoms with van der Waals surface area (Å²) < 4.78 is 56.6. The van der Waals surface area contributed by atoms with Crippen LogP contribution in [0.4, 0.5) is 17.6 Å². The van der Waals surface area contributed by atoms with Crippen molar-refractivity contribution in [1.82, 2.24) is 14.1 Å². The minimum absolute atomic E-state index is 0.00566. The molecule has 1 heterocycles. The van der Waals surface area contributed by atoms with Gasteiger partial charge in [-0.05, 0) is 29.6 Å². The smallest absolute Gasteiger partial charge is 0.268 e. The first-order valence-electron chi connectivity index (χ1n) is 7.13. The van der Waals surface area contributed by atoms with Crippen LogP contribution < -0.4 is 5.56 Å². The van der Waals surface area contributed by atoms with E-state index in [0.29, 0.717) is 0 Å². The van der Waals surface area contributed by atoms with Crippen molar-refractivity contribution in [3.8, 4) is 0 Å². The molecule has 2 aromatic rings. The average Bonchev–Trinajstić information content (AvgIpc) is 2.52. The summed E-state index contributed by atoms with van der Waals surface area (Å²) in [6.07, 6.45) is -3.36.